The summed E-state index contributed by atoms with van der Waals surface area (Å²) in [7, 11) is -3.51. The molecule has 2 aromatic carbocycles. The Hall–Kier alpha value is -2.22. The molecule has 1 N–H and O–H groups in total. The minimum atomic E-state index is -3.51. The van der Waals surface area contributed by atoms with Gasteiger partial charge in [-0.2, -0.15) is 4.31 Å². The van der Waals surface area contributed by atoms with Crippen molar-refractivity contribution in [3.05, 3.63) is 59.2 Å². The van der Waals surface area contributed by atoms with E-state index in [1.54, 1.807) is 30.3 Å². The lowest BCUT2D eigenvalue weighted by molar-refractivity contribution is 0.102. The Kier molecular flexibility index (Phi) is 6.17. The maximum atomic E-state index is 12.8. The number of sulfonamides is 1. The van der Waals surface area contributed by atoms with Crippen molar-refractivity contribution in [2.75, 3.05) is 38.0 Å². The zero-order valence-electron chi connectivity index (χ0n) is 16.6. The van der Waals surface area contributed by atoms with Crippen LogP contribution in [0.5, 0.6) is 0 Å². The van der Waals surface area contributed by atoms with Gasteiger partial charge in [-0.05, 0) is 56.3 Å². The van der Waals surface area contributed by atoms with Crippen LogP contribution in [0.1, 0.15) is 28.4 Å². The van der Waals surface area contributed by atoms with Gasteiger partial charge in [0.1, 0.15) is 0 Å². The lowest BCUT2D eigenvalue weighted by Gasteiger charge is -2.33. The van der Waals surface area contributed by atoms with Gasteiger partial charge in [0.15, 0.2) is 0 Å². The number of hydrogen-bond donors (Lipinski definition) is 1. The highest BCUT2D eigenvalue weighted by Gasteiger charge is 2.27. The molecule has 1 heterocycles. The topological polar surface area (TPSA) is 69.7 Å². The lowest BCUT2D eigenvalue weighted by atomic mass is 10.1. The summed E-state index contributed by atoms with van der Waals surface area (Å²) in [6.07, 6.45) is 0. The molecule has 0 atom stereocenters. The SMILES string of the molecule is CCN1CCN(S(=O)(=O)c2ccc(NC(=O)c3ccc(C)cc3C)cc2)CC1. The average molecular weight is 402 g/mol. The average Bonchev–Trinajstić information content (AvgIpc) is 2.68. The van der Waals surface area contributed by atoms with E-state index in [1.807, 2.05) is 26.0 Å². The molecule has 1 aliphatic heterocycles. The van der Waals surface area contributed by atoms with Crippen molar-refractivity contribution >= 4 is 21.6 Å². The van der Waals surface area contributed by atoms with E-state index in [0.29, 0.717) is 24.3 Å². The molecule has 28 heavy (non-hydrogen) atoms. The van der Waals surface area contributed by atoms with E-state index in [2.05, 4.69) is 17.1 Å². The molecule has 0 unspecified atom stereocenters. The van der Waals surface area contributed by atoms with Gasteiger partial charge in [-0.15, -0.1) is 0 Å². The minimum Gasteiger partial charge on any atom is -0.322 e. The van der Waals surface area contributed by atoms with Crippen LogP contribution < -0.4 is 5.32 Å². The quantitative estimate of drug-likeness (QED) is 0.836. The standard InChI is InChI=1S/C21H27N3O3S/c1-4-23-11-13-24(14-12-23)28(26,27)19-8-6-18(7-9-19)22-21(25)20-10-5-16(2)15-17(20)3/h5-10,15H,4,11-14H2,1-3H3,(H,22,25). The number of aryl methyl sites for hydroxylation is 2. The number of anilines is 1. The molecule has 0 aromatic heterocycles. The minimum absolute atomic E-state index is 0.205. The first-order chi connectivity index (χ1) is 13.3. The fourth-order valence-electron chi connectivity index (χ4n) is 3.41. The van der Waals surface area contributed by atoms with Crippen molar-refractivity contribution in [2.24, 2.45) is 0 Å². The molecule has 1 aliphatic rings. The monoisotopic (exact) mass is 401 g/mol. The number of piperazine rings is 1. The molecule has 1 amide bonds. The fourth-order valence-corrected chi connectivity index (χ4v) is 4.83. The van der Waals surface area contributed by atoms with Crippen LogP contribution in [0.15, 0.2) is 47.4 Å². The smallest absolute Gasteiger partial charge is 0.255 e. The molecule has 1 saturated heterocycles. The van der Waals surface area contributed by atoms with Crippen molar-refractivity contribution in [1.82, 2.24) is 9.21 Å². The summed E-state index contributed by atoms with van der Waals surface area (Å²) < 4.78 is 27.2. The molecule has 150 valence electrons. The van der Waals surface area contributed by atoms with E-state index in [4.69, 9.17) is 0 Å². The summed E-state index contributed by atoms with van der Waals surface area (Å²) in [5.74, 6) is -0.205. The highest BCUT2D eigenvalue weighted by Crippen LogP contribution is 2.21. The summed E-state index contributed by atoms with van der Waals surface area (Å²) in [6.45, 7) is 9.39. The maximum absolute atomic E-state index is 12.8. The molecule has 0 spiro atoms. The largest absolute Gasteiger partial charge is 0.322 e. The van der Waals surface area contributed by atoms with Gasteiger partial charge in [-0.25, -0.2) is 8.42 Å². The molecule has 0 bridgehead atoms. The number of nitrogens with one attached hydrogen (secondary N) is 1. The van der Waals surface area contributed by atoms with Gasteiger partial charge in [0.2, 0.25) is 10.0 Å². The maximum Gasteiger partial charge on any atom is 0.255 e. The summed E-state index contributed by atoms with van der Waals surface area (Å²) in [6, 6.07) is 12.0. The number of carbonyl (C=O) groups excluding carboxylic acids is 1. The predicted molar refractivity (Wildman–Crippen MR) is 111 cm³/mol. The zero-order valence-corrected chi connectivity index (χ0v) is 17.4. The third-order valence-electron chi connectivity index (χ3n) is 5.15. The third kappa shape index (κ3) is 4.43. The molecular formula is C21H27N3O3S. The Morgan fingerprint density at radius 1 is 1.00 bits per heavy atom. The van der Waals surface area contributed by atoms with Gasteiger partial charge in [-0.1, -0.05) is 24.6 Å². The van der Waals surface area contributed by atoms with Gasteiger partial charge in [0.05, 0.1) is 4.90 Å². The number of likely N-dealkylation sites (N-methyl/N-ethyl adjacent to an activating group) is 1. The van der Waals surface area contributed by atoms with E-state index < -0.39 is 10.0 Å². The molecule has 1 fully saturated rings. The first-order valence-corrected chi connectivity index (χ1v) is 11.0. The van der Waals surface area contributed by atoms with Gasteiger partial charge in [0.25, 0.3) is 5.91 Å². The van der Waals surface area contributed by atoms with Crippen LogP contribution in [0.4, 0.5) is 5.69 Å². The second kappa shape index (κ2) is 8.43. The van der Waals surface area contributed by atoms with E-state index in [-0.39, 0.29) is 10.8 Å². The molecule has 0 saturated carbocycles. The van der Waals surface area contributed by atoms with E-state index in [1.165, 1.54) is 4.31 Å². The highest BCUT2D eigenvalue weighted by molar-refractivity contribution is 7.89. The number of nitrogens with zero attached hydrogens (tertiary/aromatic N) is 2. The van der Waals surface area contributed by atoms with E-state index in [0.717, 1.165) is 30.8 Å². The number of benzene rings is 2. The number of hydrogen-bond acceptors (Lipinski definition) is 4. The van der Waals surface area contributed by atoms with Crippen molar-refractivity contribution in [3.8, 4) is 0 Å². The second-order valence-electron chi connectivity index (χ2n) is 7.14. The number of amides is 1. The van der Waals surface area contributed by atoms with Crippen LogP contribution in [0.2, 0.25) is 0 Å². The predicted octanol–water partition coefficient (Wildman–Crippen LogP) is 2.88. The van der Waals surface area contributed by atoms with Crippen LogP contribution in [-0.2, 0) is 10.0 Å². The molecule has 7 heteroatoms. The normalized spacial score (nSPS) is 16.1. The second-order valence-corrected chi connectivity index (χ2v) is 9.07. The van der Waals surface area contributed by atoms with Gasteiger partial charge >= 0.3 is 0 Å². The molecule has 2 aromatic rings. The van der Waals surface area contributed by atoms with Crippen molar-refractivity contribution in [1.29, 1.82) is 0 Å². The van der Waals surface area contributed by atoms with Gasteiger partial charge in [-0.3, -0.25) is 4.79 Å². The Bertz CT molecular complexity index is 947. The molecule has 6 nitrogen and oxygen atoms in total. The lowest BCUT2D eigenvalue weighted by Crippen LogP contribution is -2.48. The zero-order chi connectivity index (χ0) is 20.3. The first kappa shape index (κ1) is 20.5. The molecule has 0 radical (unpaired) electrons. The summed E-state index contributed by atoms with van der Waals surface area (Å²) in [4.78, 5) is 15.0. The highest BCUT2D eigenvalue weighted by atomic mass is 32.2. The molecule has 0 aliphatic carbocycles. The Balaban J connectivity index is 1.70. The molecular weight excluding hydrogens is 374 g/mol. The van der Waals surface area contributed by atoms with E-state index in [9.17, 15) is 13.2 Å². The Morgan fingerprint density at radius 2 is 1.64 bits per heavy atom. The van der Waals surface area contributed by atoms with Gasteiger partial charge < -0.3 is 10.2 Å². The van der Waals surface area contributed by atoms with Crippen LogP contribution in [0.25, 0.3) is 0 Å². The van der Waals surface area contributed by atoms with Crippen LogP contribution in [-0.4, -0.2) is 56.3 Å². The summed E-state index contributed by atoms with van der Waals surface area (Å²) in [5.41, 5.74) is 3.18. The summed E-state index contributed by atoms with van der Waals surface area (Å²) in [5, 5.41) is 2.84. The Labute approximate surface area is 167 Å². The fraction of sp³-hybridized carbons (Fsp3) is 0.381. The van der Waals surface area contributed by atoms with Crippen molar-refractivity contribution < 1.29 is 13.2 Å². The van der Waals surface area contributed by atoms with Crippen LogP contribution in [0, 0.1) is 13.8 Å². The third-order valence-corrected chi connectivity index (χ3v) is 7.07. The van der Waals surface area contributed by atoms with E-state index >= 15 is 0 Å². The van der Waals surface area contributed by atoms with Gasteiger partial charge in [0, 0.05) is 37.4 Å². The van der Waals surface area contributed by atoms with Crippen molar-refractivity contribution in [2.45, 2.75) is 25.7 Å². The molecule has 3 rings (SSSR count). The number of rotatable bonds is 5. The van der Waals surface area contributed by atoms with Crippen LogP contribution in [0.3, 0.4) is 0 Å². The number of carbonyl (C=O) groups is 1. The van der Waals surface area contributed by atoms with Crippen molar-refractivity contribution in [3.63, 3.8) is 0 Å². The van der Waals surface area contributed by atoms with Crippen LogP contribution >= 0.6 is 0 Å². The Morgan fingerprint density at radius 3 is 2.21 bits per heavy atom. The first-order valence-electron chi connectivity index (χ1n) is 9.52. The summed E-state index contributed by atoms with van der Waals surface area (Å²) >= 11 is 0.